The fourth-order valence-corrected chi connectivity index (χ4v) is 2.58. The average molecular weight is 370 g/mol. The second kappa shape index (κ2) is 9.62. The van der Waals surface area contributed by atoms with Crippen LogP contribution < -0.4 is 19.7 Å². The Morgan fingerprint density at radius 2 is 1.78 bits per heavy atom. The molecule has 27 heavy (non-hydrogen) atoms. The largest absolute Gasteiger partial charge is 0.497 e. The van der Waals surface area contributed by atoms with Crippen LogP contribution in [-0.2, 0) is 9.59 Å². The highest BCUT2D eigenvalue weighted by atomic mass is 16.5. The van der Waals surface area contributed by atoms with Gasteiger partial charge in [0, 0.05) is 37.3 Å². The Bertz CT molecular complexity index is 772. The van der Waals surface area contributed by atoms with Crippen LogP contribution in [0.2, 0.25) is 0 Å². The molecule has 1 N–H and O–H groups in total. The Morgan fingerprint density at radius 3 is 2.37 bits per heavy atom. The Labute approximate surface area is 160 Å². The molecule has 0 atom stereocenters. The molecule has 2 amide bonds. The molecular formula is C21H26N2O4. The number of carbonyl (C=O) groups is 2. The Balaban J connectivity index is 1.97. The molecule has 0 aliphatic heterocycles. The fourth-order valence-electron chi connectivity index (χ4n) is 2.58. The van der Waals surface area contributed by atoms with Crippen molar-refractivity contribution in [1.29, 1.82) is 0 Å². The first-order valence-corrected chi connectivity index (χ1v) is 8.87. The van der Waals surface area contributed by atoms with Crippen LogP contribution in [0.15, 0.2) is 48.5 Å². The van der Waals surface area contributed by atoms with Crippen molar-refractivity contribution in [2.24, 2.45) is 0 Å². The molecule has 0 saturated heterocycles. The van der Waals surface area contributed by atoms with Gasteiger partial charge in [0.15, 0.2) is 0 Å². The highest BCUT2D eigenvalue weighted by Crippen LogP contribution is 2.21. The third-order valence-electron chi connectivity index (χ3n) is 3.82. The van der Waals surface area contributed by atoms with E-state index in [0.29, 0.717) is 11.4 Å². The van der Waals surface area contributed by atoms with Crippen LogP contribution in [0.1, 0.15) is 27.2 Å². The first-order chi connectivity index (χ1) is 12.9. The van der Waals surface area contributed by atoms with Crippen LogP contribution in [0, 0.1) is 0 Å². The normalized spacial score (nSPS) is 10.4. The third-order valence-corrected chi connectivity index (χ3v) is 3.82. The number of nitrogens with one attached hydrogen (secondary N) is 1. The maximum atomic E-state index is 12.2. The van der Waals surface area contributed by atoms with E-state index in [0.717, 1.165) is 11.4 Å². The summed E-state index contributed by atoms with van der Waals surface area (Å²) >= 11 is 0. The van der Waals surface area contributed by atoms with E-state index in [4.69, 9.17) is 9.47 Å². The number of hydrogen-bond donors (Lipinski definition) is 1. The van der Waals surface area contributed by atoms with Crippen molar-refractivity contribution in [3.8, 4) is 11.5 Å². The molecule has 0 aromatic heterocycles. The predicted octanol–water partition coefficient (Wildman–Crippen LogP) is 3.86. The van der Waals surface area contributed by atoms with Crippen molar-refractivity contribution in [3.05, 3.63) is 48.5 Å². The molecule has 0 aliphatic carbocycles. The van der Waals surface area contributed by atoms with Gasteiger partial charge in [-0.05, 0) is 50.2 Å². The lowest BCUT2D eigenvalue weighted by atomic mass is 10.2. The summed E-state index contributed by atoms with van der Waals surface area (Å²) in [6, 6.07) is 14.4. The van der Waals surface area contributed by atoms with Crippen molar-refractivity contribution in [3.63, 3.8) is 0 Å². The second-order valence-electron chi connectivity index (χ2n) is 6.36. The minimum absolute atomic E-state index is 0.0834. The molecule has 6 heteroatoms. The number of methoxy groups -OCH3 is 1. The minimum atomic E-state index is -0.172. The molecule has 0 fully saturated rings. The fraction of sp³-hybridized carbons (Fsp3) is 0.333. The quantitative estimate of drug-likeness (QED) is 0.766. The molecule has 0 saturated carbocycles. The van der Waals surface area contributed by atoms with Crippen LogP contribution in [0.25, 0.3) is 0 Å². The van der Waals surface area contributed by atoms with Crippen LogP contribution in [-0.4, -0.2) is 31.6 Å². The predicted molar refractivity (Wildman–Crippen MR) is 106 cm³/mol. The summed E-state index contributed by atoms with van der Waals surface area (Å²) < 4.78 is 10.8. The van der Waals surface area contributed by atoms with E-state index in [-0.39, 0.29) is 30.9 Å². The van der Waals surface area contributed by atoms with Crippen molar-refractivity contribution in [2.75, 3.05) is 23.9 Å². The molecule has 2 aromatic carbocycles. The lowest BCUT2D eigenvalue weighted by Gasteiger charge is -2.21. The summed E-state index contributed by atoms with van der Waals surface area (Å²) in [4.78, 5) is 25.8. The van der Waals surface area contributed by atoms with E-state index in [1.54, 1.807) is 36.3 Å². The van der Waals surface area contributed by atoms with Crippen molar-refractivity contribution in [1.82, 2.24) is 0 Å². The SMILES string of the molecule is COc1cccc(NC(=O)CCN(C(C)=O)c2ccc(OC(C)C)cc2)c1. The van der Waals surface area contributed by atoms with Gasteiger partial charge < -0.3 is 19.7 Å². The number of anilines is 2. The Morgan fingerprint density at radius 1 is 1.07 bits per heavy atom. The summed E-state index contributed by atoms with van der Waals surface area (Å²) in [7, 11) is 1.57. The summed E-state index contributed by atoms with van der Waals surface area (Å²) in [5.74, 6) is 1.12. The standard InChI is InChI=1S/C21H26N2O4/c1-15(2)27-19-10-8-18(9-11-19)23(16(3)24)13-12-21(25)22-17-6-5-7-20(14-17)26-4/h5-11,14-15H,12-13H2,1-4H3,(H,22,25). The van der Waals surface area contributed by atoms with E-state index >= 15 is 0 Å². The highest BCUT2D eigenvalue weighted by Gasteiger charge is 2.14. The van der Waals surface area contributed by atoms with E-state index in [2.05, 4.69) is 5.32 Å². The van der Waals surface area contributed by atoms with Crippen LogP contribution >= 0.6 is 0 Å². The van der Waals surface area contributed by atoms with Gasteiger partial charge in [-0.25, -0.2) is 0 Å². The number of ether oxygens (including phenoxy) is 2. The topological polar surface area (TPSA) is 67.9 Å². The second-order valence-corrected chi connectivity index (χ2v) is 6.36. The van der Waals surface area contributed by atoms with Gasteiger partial charge in [0.25, 0.3) is 0 Å². The maximum Gasteiger partial charge on any atom is 0.226 e. The molecule has 0 aliphatic rings. The van der Waals surface area contributed by atoms with Gasteiger partial charge in [-0.3, -0.25) is 9.59 Å². The Hall–Kier alpha value is -3.02. The molecule has 0 radical (unpaired) electrons. The maximum absolute atomic E-state index is 12.2. The van der Waals surface area contributed by atoms with Gasteiger partial charge in [-0.1, -0.05) is 6.07 Å². The smallest absolute Gasteiger partial charge is 0.226 e. The number of benzene rings is 2. The lowest BCUT2D eigenvalue weighted by molar-refractivity contribution is -0.117. The molecule has 0 spiro atoms. The van der Waals surface area contributed by atoms with Crippen LogP contribution in [0.5, 0.6) is 11.5 Å². The minimum Gasteiger partial charge on any atom is -0.497 e. The summed E-state index contributed by atoms with van der Waals surface area (Å²) in [6.45, 7) is 5.68. The molecule has 2 aromatic rings. The lowest BCUT2D eigenvalue weighted by Crippen LogP contribution is -2.31. The molecule has 0 bridgehead atoms. The van der Waals surface area contributed by atoms with E-state index < -0.39 is 0 Å². The first kappa shape index (κ1) is 20.3. The number of hydrogen-bond acceptors (Lipinski definition) is 4. The summed E-state index contributed by atoms with van der Waals surface area (Å²) in [6.07, 6.45) is 0.265. The number of carbonyl (C=O) groups excluding carboxylic acids is 2. The monoisotopic (exact) mass is 370 g/mol. The molecule has 6 nitrogen and oxygen atoms in total. The Kier molecular flexibility index (Phi) is 7.23. The van der Waals surface area contributed by atoms with Crippen molar-refractivity contribution >= 4 is 23.2 Å². The summed E-state index contributed by atoms with van der Waals surface area (Å²) in [5, 5.41) is 2.82. The first-order valence-electron chi connectivity index (χ1n) is 8.87. The van der Waals surface area contributed by atoms with Gasteiger partial charge in [-0.2, -0.15) is 0 Å². The third kappa shape index (κ3) is 6.33. The van der Waals surface area contributed by atoms with E-state index in [9.17, 15) is 9.59 Å². The van der Waals surface area contributed by atoms with E-state index in [1.807, 2.05) is 38.1 Å². The zero-order chi connectivity index (χ0) is 19.8. The van der Waals surface area contributed by atoms with E-state index in [1.165, 1.54) is 6.92 Å². The zero-order valence-corrected chi connectivity index (χ0v) is 16.2. The van der Waals surface area contributed by atoms with Crippen molar-refractivity contribution < 1.29 is 19.1 Å². The van der Waals surface area contributed by atoms with Crippen LogP contribution in [0.3, 0.4) is 0 Å². The van der Waals surface area contributed by atoms with Gasteiger partial charge in [-0.15, -0.1) is 0 Å². The van der Waals surface area contributed by atoms with Gasteiger partial charge in [0.1, 0.15) is 11.5 Å². The van der Waals surface area contributed by atoms with Gasteiger partial charge in [0.05, 0.1) is 13.2 Å². The molecule has 144 valence electrons. The number of rotatable bonds is 8. The molecule has 2 rings (SSSR count). The highest BCUT2D eigenvalue weighted by molar-refractivity contribution is 5.94. The molecular weight excluding hydrogens is 344 g/mol. The van der Waals surface area contributed by atoms with Crippen molar-refractivity contribution in [2.45, 2.75) is 33.3 Å². The number of nitrogens with zero attached hydrogens (tertiary/aromatic N) is 1. The average Bonchev–Trinajstić information content (AvgIpc) is 2.62. The summed E-state index contributed by atoms with van der Waals surface area (Å²) in [5.41, 5.74) is 1.39. The van der Waals surface area contributed by atoms with Gasteiger partial charge in [0.2, 0.25) is 11.8 Å². The molecule has 0 unspecified atom stereocenters. The number of amides is 2. The zero-order valence-electron chi connectivity index (χ0n) is 16.2. The van der Waals surface area contributed by atoms with Gasteiger partial charge >= 0.3 is 0 Å². The van der Waals surface area contributed by atoms with Crippen LogP contribution in [0.4, 0.5) is 11.4 Å². The molecule has 0 heterocycles.